The fraction of sp³-hybridized carbons (Fsp3) is 0.364. The zero-order valence-electron chi connectivity index (χ0n) is 25.1. The third-order valence-corrected chi connectivity index (χ3v) is 9.18. The molecule has 3 amide bonds. The van der Waals surface area contributed by atoms with Gasteiger partial charge in [-0.2, -0.15) is 0 Å². The lowest BCUT2D eigenvalue weighted by Crippen LogP contribution is -2.58. The number of aliphatic hydroxyl groups excluding tert-OH is 1. The number of aromatic hydroxyl groups is 1. The van der Waals surface area contributed by atoms with E-state index >= 15 is 0 Å². The van der Waals surface area contributed by atoms with E-state index in [0.717, 1.165) is 11.1 Å². The van der Waals surface area contributed by atoms with Crippen LogP contribution < -0.4 is 15.4 Å². The minimum Gasteiger partial charge on any atom is -0.507 e. The van der Waals surface area contributed by atoms with E-state index in [2.05, 4.69) is 10.6 Å². The predicted molar refractivity (Wildman–Crippen MR) is 167 cm³/mol. The van der Waals surface area contributed by atoms with E-state index in [0.29, 0.717) is 16.9 Å². The molecule has 1 saturated heterocycles. The van der Waals surface area contributed by atoms with Gasteiger partial charge in [0.25, 0.3) is 11.8 Å². The van der Waals surface area contributed by atoms with Gasteiger partial charge in [-0.25, -0.2) is 0 Å². The fourth-order valence-electron chi connectivity index (χ4n) is 5.26. The van der Waals surface area contributed by atoms with Crippen molar-refractivity contribution < 1.29 is 29.3 Å². The third-order valence-electron chi connectivity index (χ3n) is 7.80. The Morgan fingerprint density at radius 3 is 2.44 bits per heavy atom. The second kappa shape index (κ2) is 13.5. The zero-order valence-corrected chi connectivity index (χ0v) is 25.9. The Balaban J connectivity index is 1.56. The topological polar surface area (TPSA) is 128 Å². The van der Waals surface area contributed by atoms with Gasteiger partial charge in [0.15, 0.2) is 6.10 Å². The number of methoxy groups -OCH3 is 1. The molecule has 0 bridgehead atoms. The molecule has 1 heterocycles. The lowest BCUT2D eigenvalue weighted by molar-refractivity contribution is -0.147. The summed E-state index contributed by atoms with van der Waals surface area (Å²) in [5.74, 6) is -0.618. The Labute approximate surface area is 256 Å². The van der Waals surface area contributed by atoms with Crippen molar-refractivity contribution >= 4 is 29.5 Å². The summed E-state index contributed by atoms with van der Waals surface area (Å²) in [6, 6.07) is 18.0. The second-order valence-electron chi connectivity index (χ2n) is 11.3. The first-order chi connectivity index (χ1) is 20.4. The van der Waals surface area contributed by atoms with Crippen LogP contribution in [0.25, 0.3) is 0 Å². The summed E-state index contributed by atoms with van der Waals surface area (Å²) < 4.78 is 4.65. The molecule has 0 radical (unpaired) electrons. The highest BCUT2D eigenvalue weighted by Gasteiger charge is 2.49. The number of nitrogens with zero attached hydrogens (tertiary/aromatic N) is 1. The van der Waals surface area contributed by atoms with Crippen LogP contribution in [-0.2, 0) is 22.6 Å². The first-order valence-corrected chi connectivity index (χ1v) is 15.1. The minimum atomic E-state index is -1.63. The number of carbonyl (C=O) groups excluding carboxylic acids is 3. The van der Waals surface area contributed by atoms with Gasteiger partial charge >= 0.3 is 0 Å². The molecule has 1 aliphatic heterocycles. The smallest absolute Gasteiger partial charge is 0.254 e. The van der Waals surface area contributed by atoms with Crippen molar-refractivity contribution in [2.45, 2.75) is 63.6 Å². The molecular formula is C33H39N3O6S. The summed E-state index contributed by atoms with van der Waals surface area (Å²) >= 11 is 1.45. The summed E-state index contributed by atoms with van der Waals surface area (Å²) in [6.07, 6.45) is -1.46. The molecule has 10 heteroatoms. The molecule has 43 heavy (non-hydrogen) atoms. The number of amides is 3. The summed E-state index contributed by atoms with van der Waals surface area (Å²) in [5.41, 5.74) is 2.94. The minimum absolute atomic E-state index is 0.0167. The second-order valence-corrected chi connectivity index (χ2v) is 12.9. The van der Waals surface area contributed by atoms with Crippen LogP contribution in [0.5, 0.6) is 11.5 Å². The number of hydrogen-bond donors (Lipinski definition) is 4. The van der Waals surface area contributed by atoms with Gasteiger partial charge in [-0.15, -0.1) is 11.8 Å². The summed E-state index contributed by atoms with van der Waals surface area (Å²) in [4.78, 5) is 42.2. The van der Waals surface area contributed by atoms with E-state index in [1.165, 1.54) is 16.7 Å². The van der Waals surface area contributed by atoms with E-state index < -0.39 is 34.7 Å². The Morgan fingerprint density at radius 1 is 1.05 bits per heavy atom. The van der Waals surface area contributed by atoms with Gasteiger partial charge in [-0.05, 0) is 69.0 Å². The molecule has 4 N–H and O–H groups in total. The van der Waals surface area contributed by atoms with Gasteiger partial charge in [-0.3, -0.25) is 14.4 Å². The molecule has 0 spiro atoms. The molecule has 4 rings (SSSR count). The van der Waals surface area contributed by atoms with Gasteiger partial charge < -0.3 is 30.5 Å². The number of aryl methyl sites for hydroxylation is 1. The van der Waals surface area contributed by atoms with Gasteiger partial charge in [-0.1, -0.05) is 48.5 Å². The van der Waals surface area contributed by atoms with Crippen molar-refractivity contribution in [2.75, 3.05) is 13.0 Å². The van der Waals surface area contributed by atoms with Crippen LogP contribution in [0, 0.1) is 13.8 Å². The quantitative estimate of drug-likeness (QED) is 0.277. The lowest BCUT2D eigenvalue weighted by Gasteiger charge is -2.33. The Bertz CT molecular complexity index is 1480. The van der Waals surface area contributed by atoms with Gasteiger partial charge in [0, 0.05) is 22.4 Å². The largest absolute Gasteiger partial charge is 0.507 e. The highest BCUT2D eigenvalue weighted by Crippen LogP contribution is 2.40. The first kappa shape index (κ1) is 31.9. The van der Waals surface area contributed by atoms with Crippen molar-refractivity contribution in [1.29, 1.82) is 0 Å². The van der Waals surface area contributed by atoms with Gasteiger partial charge in [0.2, 0.25) is 5.91 Å². The standard InChI is InChI=1S/C33H39N3O6S/c1-20-14-15-25(21(2)27(20)37)30(39)35-26(17-22-10-7-6-8-11-22)28(38)32(41)36-19-43-33(3,4)29(36)31(40)34-18-23-12-9-13-24(16-23)42-5/h6-16,26,28-29,37-38H,17-19H2,1-5H3,(H,34,40)(H,35,39)/t26-,28-,29+/m0/s1. The molecule has 0 unspecified atom stereocenters. The average molecular weight is 606 g/mol. The molecule has 9 nitrogen and oxygen atoms in total. The van der Waals surface area contributed by atoms with Gasteiger partial charge in [0.1, 0.15) is 17.5 Å². The summed E-state index contributed by atoms with van der Waals surface area (Å²) in [5, 5.41) is 27.6. The molecule has 1 fully saturated rings. The van der Waals surface area contributed by atoms with Crippen molar-refractivity contribution in [3.63, 3.8) is 0 Å². The molecule has 1 aliphatic rings. The van der Waals surface area contributed by atoms with Crippen LogP contribution >= 0.6 is 11.8 Å². The highest BCUT2D eigenvalue weighted by atomic mass is 32.2. The van der Waals surface area contributed by atoms with Crippen LogP contribution in [0.15, 0.2) is 66.7 Å². The molecule has 0 aromatic heterocycles. The number of phenolic OH excluding ortho intramolecular Hbond substituents is 1. The van der Waals surface area contributed by atoms with Crippen LogP contribution in [0.3, 0.4) is 0 Å². The maximum Gasteiger partial charge on any atom is 0.254 e. The van der Waals surface area contributed by atoms with Crippen molar-refractivity contribution in [3.8, 4) is 11.5 Å². The Kier molecular flexibility index (Phi) is 10.0. The number of hydrogen-bond acceptors (Lipinski definition) is 7. The number of carbonyl (C=O) groups is 3. The van der Waals surface area contributed by atoms with Crippen LogP contribution in [0.4, 0.5) is 0 Å². The number of ether oxygens (including phenoxy) is 1. The maximum atomic E-state index is 13.9. The number of thioether (sulfide) groups is 1. The SMILES string of the molecule is COc1cccc(CNC(=O)[C@H]2N(C(=O)[C@@H](O)[C@H](Cc3ccccc3)NC(=O)c3ccc(C)c(O)c3C)CSC2(C)C)c1. The van der Waals surface area contributed by atoms with E-state index in [1.54, 1.807) is 33.1 Å². The monoisotopic (exact) mass is 605 g/mol. The molecule has 3 aromatic rings. The fourth-order valence-corrected chi connectivity index (χ4v) is 6.40. The number of phenols is 1. The van der Waals surface area contributed by atoms with E-state index in [-0.39, 0.29) is 36.1 Å². The van der Waals surface area contributed by atoms with Crippen molar-refractivity contribution in [3.05, 3.63) is 94.5 Å². The normalized spacial score (nSPS) is 17.2. The van der Waals surface area contributed by atoms with Crippen LogP contribution in [0.1, 0.15) is 46.5 Å². The summed E-state index contributed by atoms with van der Waals surface area (Å²) in [7, 11) is 1.57. The molecular weight excluding hydrogens is 566 g/mol. The highest BCUT2D eigenvalue weighted by molar-refractivity contribution is 8.00. The first-order valence-electron chi connectivity index (χ1n) is 14.1. The molecule has 3 aromatic carbocycles. The molecule has 0 aliphatic carbocycles. The van der Waals surface area contributed by atoms with Crippen molar-refractivity contribution in [2.24, 2.45) is 0 Å². The number of aliphatic hydroxyl groups is 1. The number of benzene rings is 3. The van der Waals surface area contributed by atoms with E-state index in [1.807, 2.05) is 68.4 Å². The predicted octanol–water partition coefficient (Wildman–Crippen LogP) is 3.72. The lowest BCUT2D eigenvalue weighted by atomic mass is 9.96. The van der Waals surface area contributed by atoms with E-state index in [4.69, 9.17) is 4.74 Å². The summed E-state index contributed by atoms with van der Waals surface area (Å²) in [6.45, 7) is 7.41. The molecule has 3 atom stereocenters. The third kappa shape index (κ3) is 7.32. The van der Waals surface area contributed by atoms with Crippen LogP contribution in [0.2, 0.25) is 0 Å². The van der Waals surface area contributed by atoms with Gasteiger partial charge in [0.05, 0.1) is 19.0 Å². The Morgan fingerprint density at radius 2 is 1.74 bits per heavy atom. The molecule has 228 valence electrons. The Hall–Kier alpha value is -4.02. The van der Waals surface area contributed by atoms with Crippen molar-refractivity contribution in [1.82, 2.24) is 15.5 Å². The average Bonchev–Trinajstić information content (AvgIpc) is 3.32. The van der Waals surface area contributed by atoms with Crippen LogP contribution in [-0.4, -0.2) is 68.8 Å². The maximum absolute atomic E-state index is 13.9. The molecule has 0 saturated carbocycles. The number of nitrogens with one attached hydrogen (secondary N) is 2. The number of rotatable bonds is 10. The van der Waals surface area contributed by atoms with E-state index in [9.17, 15) is 24.6 Å². The zero-order chi connectivity index (χ0) is 31.3.